The molecule has 0 bridgehead atoms. The molecular formula is C17H20N4O4S. The maximum absolute atomic E-state index is 12.6. The van der Waals surface area contributed by atoms with E-state index in [0.29, 0.717) is 25.6 Å². The van der Waals surface area contributed by atoms with Gasteiger partial charge in [0.2, 0.25) is 10.0 Å². The summed E-state index contributed by atoms with van der Waals surface area (Å²) < 4.78 is 38.4. The van der Waals surface area contributed by atoms with Crippen LogP contribution in [0.5, 0.6) is 5.75 Å². The van der Waals surface area contributed by atoms with E-state index in [4.69, 9.17) is 9.47 Å². The molecule has 0 aliphatic carbocycles. The van der Waals surface area contributed by atoms with Crippen LogP contribution in [0.15, 0.2) is 35.4 Å². The zero-order valence-corrected chi connectivity index (χ0v) is 15.0. The summed E-state index contributed by atoms with van der Waals surface area (Å²) in [5.74, 6) is 1.97. The summed E-state index contributed by atoms with van der Waals surface area (Å²) in [6.45, 7) is 3.48. The second-order valence-electron chi connectivity index (χ2n) is 6.12. The number of anilines is 1. The zero-order chi connectivity index (χ0) is 18.0. The minimum absolute atomic E-state index is 0.0358. The first-order valence-corrected chi connectivity index (χ1v) is 10.0. The first-order valence-electron chi connectivity index (χ1n) is 8.52. The van der Waals surface area contributed by atoms with Crippen LogP contribution in [0.25, 0.3) is 0 Å². The number of fused-ring (bicyclic) bond motifs is 1. The van der Waals surface area contributed by atoms with Crippen molar-refractivity contribution in [3.63, 3.8) is 0 Å². The number of nitrogens with one attached hydrogen (secondary N) is 1. The van der Waals surface area contributed by atoms with Gasteiger partial charge in [0.05, 0.1) is 31.3 Å². The van der Waals surface area contributed by atoms with Gasteiger partial charge in [-0.05, 0) is 29.8 Å². The van der Waals surface area contributed by atoms with Crippen molar-refractivity contribution in [3.05, 3.63) is 41.9 Å². The van der Waals surface area contributed by atoms with E-state index in [-0.39, 0.29) is 11.4 Å². The molecule has 0 saturated carbocycles. The summed E-state index contributed by atoms with van der Waals surface area (Å²) in [7, 11) is -3.64. The van der Waals surface area contributed by atoms with Gasteiger partial charge in [-0.3, -0.25) is 0 Å². The Labute approximate surface area is 152 Å². The number of hydrogen-bond acceptors (Lipinski definition) is 7. The van der Waals surface area contributed by atoms with Crippen molar-refractivity contribution in [3.8, 4) is 5.75 Å². The predicted molar refractivity (Wildman–Crippen MR) is 94.7 cm³/mol. The molecule has 2 aliphatic heterocycles. The molecule has 1 fully saturated rings. The molecule has 0 radical (unpaired) electrons. The maximum Gasteiger partial charge on any atom is 0.240 e. The Morgan fingerprint density at radius 1 is 1.15 bits per heavy atom. The molecule has 1 N–H and O–H groups in total. The van der Waals surface area contributed by atoms with E-state index in [9.17, 15) is 8.42 Å². The van der Waals surface area contributed by atoms with Gasteiger partial charge in [-0.2, -0.15) is 0 Å². The molecule has 0 amide bonds. The van der Waals surface area contributed by atoms with Crippen LogP contribution in [0.3, 0.4) is 0 Å². The summed E-state index contributed by atoms with van der Waals surface area (Å²) in [5.41, 5.74) is 0.915. The molecule has 9 heteroatoms. The minimum atomic E-state index is -3.64. The molecule has 2 aromatic rings. The molecule has 138 valence electrons. The van der Waals surface area contributed by atoms with Crippen LogP contribution in [-0.4, -0.2) is 51.3 Å². The fourth-order valence-corrected chi connectivity index (χ4v) is 4.05. The number of rotatable bonds is 5. The van der Waals surface area contributed by atoms with Gasteiger partial charge in [0.15, 0.2) is 0 Å². The lowest BCUT2D eigenvalue weighted by molar-refractivity contribution is 0.122. The third-order valence-electron chi connectivity index (χ3n) is 4.42. The van der Waals surface area contributed by atoms with Crippen LogP contribution in [-0.2, 0) is 27.7 Å². The van der Waals surface area contributed by atoms with E-state index < -0.39 is 10.0 Å². The lowest BCUT2D eigenvalue weighted by Gasteiger charge is -2.27. The van der Waals surface area contributed by atoms with E-state index in [2.05, 4.69) is 19.6 Å². The SMILES string of the molecule is O=S(=O)(NCc1nccc(N2CCOCC2)n1)c1ccc2c(c1)CCO2. The Hall–Kier alpha value is -2.23. The molecule has 8 nitrogen and oxygen atoms in total. The first kappa shape index (κ1) is 17.2. The van der Waals surface area contributed by atoms with Crippen molar-refractivity contribution in [1.82, 2.24) is 14.7 Å². The Kier molecular flexibility index (Phi) is 4.75. The second kappa shape index (κ2) is 7.18. The number of hydrogen-bond donors (Lipinski definition) is 1. The van der Waals surface area contributed by atoms with E-state index in [1.54, 1.807) is 24.4 Å². The molecule has 3 heterocycles. The number of nitrogens with zero attached hydrogens (tertiary/aromatic N) is 3. The number of benzene rings is 1. The quantitative estimate of drug-likeness (QED) is 0.822. The summed E-state index contributed by atoms with van der Waals surface area (Å²) in [6.07, 6.45) is 2.37. The predicted octanol–water partition coefficient (Wildman–Crippen LogP) is 0.727. The van der Waals surface area contributed by atoms with Gasteiger partial charge in [-0.15, -0.1) is 0 Å². The van der Waals surface area contributed by atoms with Crippen LogP contribution in [0.4, 0.5) is 5.82 Å². The van der Waals surface area contributed by atoms with Gasteiger partial charge in [0.25, 0.3) is 0 Å². The second-order valence-corrected chi connectivity index (χ2v) is 7.89. The summed E-state index contributed by atoms with van der Waals surface area (Å²) in [4.78, 5) is 11.0. The highest BCUT2D eigenvalue weighted by molar-refractivity contribution is 7.89. The Morgan fingerprint density at radius 3 is 2.85 bits per heavy atom. The number of aromatic nitrogens is 2. The van der Waals surface area contributed by atoms with Crippen LogP contribution in [0, 0.1) is 0 Å². The lowest BCUT2D eigenvalue weighted by Crippen LogP contribution is -2.37. The van der Waals surface area contributed by atoms with Gasteiger partial charge in [0.1, 0.15) is 17.4 Å². The zero-order valence-electron chi connectivity index (χ0n) is 14.2. The monoisotopic (exact) mass is 376 g/mol. The van der Waals surface area contributed by atoms with E-state index in [1.165, 1.54) is 0 Å². The Morgan fingerprint density at radius 2 is 2.00 bits per heavy atom. The smallest absolute Gasteiger partial charge is 0.240 e. The topological polar surface area (TPSA) is 93.7 Å². The van der Waals surface area contributed by atoms with Gasteiger partial charge in [0, 0.05) is 25.7 Å². The summed E-state index contributed by atoms with van der Waals surface area (Å²) in [6, 6.07) is 6.74. The molecule has 0 unspecified atom stereocenters. The lowest BCUT2D eigenvalue weighted by atomic mass is 10.2. The van der Waals surface area contributed by atoms with Gasteiger partial charge >= 0.3 is 0 Å². The fourth-order valence-electron chi connectivity index (χ4n) is 3.02. The number of ether oxygens (including phenoxy) is 2. The largest absolute Gasteiger partial charge is 0.493 e. The molecule has 0 spiro atoms. The molecule has 0 atom stereocenters. The minimum Gasteiger partial charge on any atom is -0.493 e. The van der Waals surface area contributed by atoms with Crippen molar-refractivity contribution >= 4 is 15.8 Å². The van der Waals surface area contributed by atoms with Crippen LogP contribution >= 0.6 is 0 Å². The molecular weight excluding hydrogens is 356 g/mol. The van der Waals surface area contributed by atoms with E-state index in [0.717, 1.165) is 36.6 Å². The van der Waals surface area contributed by atoms with E-state index >= 15 is 0 Å². The first-order chi connectivity index (χ1) is 12.6. The third kappa shape index (κ3) is 3.64. The molecule has 1 saturated heterocycles. The molecule has 1 aromatic heterocycles. The molecule has 1 aromatic carbocycles. The normalized spacial score (nSPS) is 17.0. The Balaban J connectivity index is 1.46. The average Bonchev–Trinajstić information content (AvgIpc) is 3.15. The van der Waals surface area contributed by atoms with Crippen LogP contribution in [0.1, 0.15) is 11.4 Å². The van der Waals surface area contributed by atoms with Gasteiger partial charge in [-0.25, -0.2) is 23.1 Å². The van der Waals surface area contributed by atoms with Crippen molar-refractivity contribution in [1.29, 1.82) is 0 Å². The summed E-state index contributed by atoms with van der Waals surface area (Å²) >= 11 is 0. The van der Waals surface area contributed by atoms with Crippen molar-refractivity contribution in [2.75, 3.05) is 37.8 Å². The van der Waals surface area contributed by atoms with Crippen molar-refractivity contribution in [2.24, 2.45) is 0 Å². The highest BCUT2D eigenvalue weighted by atomic mass is 32.2. The Bertz CT molecular complexity index is 897. The van der Waals surface area contributed by atoms with E-state index in [1.807, 2.05) is 6.07 Å². The van der Waals surface area contributed by atoms with Crippen molar-refractivity contribution < 1.29 is 17.9 Å². The molecule has 2 aliphatic rings. The van der Waals surface area contributed by atoms with Crippen LogP contribution < -0.4 is 14.4 Å². The highest BCUT2D eigenvalue weighted by Gasteiger charge is 2.20. The van der Waals surface area contributed by atoms with Gasteiger partial charge in [-0.1, -0.05) is 0 Å². The fraction of sp³-hybridized carbons (Fsp3) is 0.412. The number of sulfonamides is 1. The highest BCUT2D eigenvalue weighted by Crippen LogP contribution is 2.27. The third-order valence-corrected chi connectivity index (χ3v) is 5.82. The molecule has 4 rings (SSSR count). The van der Waals surface area contributed by atoms with Gasteiger partial charge < -0.3 is 14.4 Å². The van der Waals surface area contributed by atoms with Crippen molar-refractivity contribution in [2.45, 2.75) is 17.9 Å². The summed E-state index contributed by atoms with van der Waals surface area (Å²) in [5, 5.41) is 0. The average molecular weight is 376 g/mol. The standard InChI is InChI=1S/C17H20N4O4S/c22-26(23,14-1-2-15-13(11-14)4-8-25-15)19-12-16-18-5-3-17(20-16)21-6-9-24-10-7-21/h1-3,5,11,19H,4,6-10,12H2. The maximum atomic E-state index is 12.6. The number of morpholine rings is 1. The molecule has 26 heavy (non-hydrogen) atoms. The van der Waals surface area contributed by atoms with Crippen LogP contribution in [0.2, 0.25) is 0 Å².